The second-order valence-electron chi connectivity index (χ2n) is 6.35. The van der Waals surface area contributed by atoms with E-state index in [1.807, 2.05) is 0 Å². The van der Waals surface area contributed by atoms with Crippen molar-refractivity contribution >= 4 is 38.8 Å². The summed E-state index contributed by atoms with van der Waals surface area (Å²) in [5.74, 6) is -1.46. The van der Waals surface area contributed by atoms with Gasteiger partial charge in [0.25, 0.3) is 21.4 Å². The fraction of sp³-hybridized carbons (Fsp3) is 0.429. The van der Waals surface area contributed by atoms with Gasteiger partial charge in [-0.05, 0) is 25.2 Å². The Morgan fingerprint density at radius 3 is 2.47 bits per heavy atom. The van der Waals surface area contributed by atoms with Gasteiger partial charge in [-0.2, -0.15) is 4.31 Å². The van der Waals surface area contributed by atoms with Crippen molar-refractivity contribution in [2.24, 2.45) is 0 Å². The maximum atomic E-state index is 12.3. The molecule has 0 radical (unpaired) electrons. The molecule has 2 heterocycles. The largest absolute Gasteiger partial charge is 0.537 e. The molecule has 3 unspecified atom stereocenters. The number of carboxylic acid groups (broad SMARTS) is 1. The smallest absolute Gasteiger partial charge is 0.479 e. The minimum Gasteiger partial charge on any atom is -0.479 e. The number of nitrogens with two attached hydrogens (primary N) is 1. The molecule has 0 spiro atoms. The Balaban J connectivity index is 2.58. The van der Waals surface area contributed by atoms with Crippen LogP contribution in [0.1, 0.15) is 23.4 Å². The predicted octanol–water partition coefficient (Wildman–Crippen LogP) is -0.0890. The standard InChI is InChI=1S/C14H20N4O11P2S/c1-7-11(28-31(25,26)29-30(23,24)27-5-4-19)32-12(14(3,22)13(20)21)18(7)9-6-16-8(2)17-10(9)15/h6,19,22H,4-5H2,1-3H3,(H4-,15,16,17,20,21,23,24,25,26)/p+1. The number of hydrogen-bond donors (Lipinski definition) is 6. The SMILES string of the molecule is Cc1ncc(-[n+]2c(C(C)(O)C(=O)O)sc(OP(=O)(O)OP(=O)(O)OCCO)c2C)c(N)n1. The Labute approximate surface area is 184 Å². The van der Waals surface area contributed by atoms with Crippen molar-refractivity contribution in [3.8, 4) is 10.8 Å². The summed E-state index contributed by atoms with van der Waals surface area (Å²) in [5, 5.41) is 27.8. The van der Waals surface area contributed by atoms with E-state index in [1.54, 1.807) is 6.92 Å². The Morgan fingerprint density at radius 1 is 1.31 bits per heavy atom. The number of phosphoric acid groups is 2. The molecule has 0 aliphatic heterocycles. The van der Waals surface area contributed by atoms with Gasteiger partial charge in [-0.1, -0.05) is 0 Å². The summed E-state index contributed by atoms with van der Waals surface area (Å²) in [6.45, 7) is 2.51. The van der Waals surface area contributed by atoms with E-state index in [4.69, 9.17) is 15.4 Å². The van der Waals surface area contributed by atoms with Crippen molar-refractivity contribution in [3.05, 3.63) is 22.7 Å². The van der Waals surface area contributed by atoms with Crippen LogP contribution in [0.4, 0.5) is 5.82 Å². The molecule has 0 aromatic carbocycles. The molecule has 2 aromatic heterocycles. The van der Waals surface area contributed by atoms with Crippen LogP contribution < -0.4 is 14.8 Å². The summed E-state index contributed by atoms with van der Waals surface area (Å²) < 4.78 is 38.4. The summed E-state index contributed by atoms with van der Waals surface area (Å²) in [4.78, 5) is 39.0. The lowest BCUT2D eigenvalue weighted by atomic mass is 10.1. The minimum absolute atomic E-state index is 0.0310. The van der Waals surface area contributed by atoms with Crippen molar-refractivity contribution in [2.75, 3.05) is 18.9 Å². The summed E-state index contributed by atoms with van der Waals surface area (Å²) in [7, 11) is -10.4. The highest BCUT2D eigenvalue weighted by atomic mass is 32.1. The number of carbonyl (C=O) groups is 1. The van der Waals surface area contributed by atoms with Gasteiger partial charge in [-0.3, -0.25) is 9.42 Å². The quantitative estimate of drug-likeness (QED) is 0.179. The van der Waals surface area contributed by atoms with Crippen LogP contribution in [0.15, 0.2) is 6.20 Å². The second-order valence-corrected chi connectivity index (χ2v) is 10.3. The first-order valence-electron chi connectivity index (χ1n) is 8.54. The monoisotopic (exact) mass is 515 g/mol. The van der Waals surface area contributed by atoms with E-state index in [0.29, 0.717) is 17.2 Å². The fourth-order valence-corrected chi connectivity index (χ4v) is 5.80. The number of aromatic nitrogens is 3. The van der Waals surface area contributed by atoms with E-state index in [9.17, 15) is 33.9 Å². The van der Waals surface area contributed by atoms with Gasteiger partial charge in [0.15, 0.2) is 0 Å². The molecule has 3 atom stereocenters. The zero-order valence-electron chi connectivity index (χ0n) is 16.9. The molecule has 7 N–H and O–H groups in total. The molecule has 0 amide bonds. The lowest BCUT2D eigenvalue weighted by Crippen LogP contribution is -2.46. The van der Waals surface area contributed by atoms with E-state index < -0.39 is 45.5 Å². The summed E-state index contributed by atoms with van der Waals surface area (Å²) in [5.41, 5.74) is 3.38. The maximum absolute atomic E-state index is 12.3. The molecule has 32 heavy (non-hydrogen) atoms. The first-order chi connectivity index (χ1) is 14.6. The molecule has 178 valence electrons. The third-order valence-corrected chi connectivity index (χ3v) is 7.80. The lowest BCUT2D eigenvalue weighted by Gasteiger charge is -2.14. The van der Waals surface area contributed by atoms with Gasteiger partial charge < -0.3 is 30.5 Å². The normalized spacial score (nSPS) is 17.2. The van der Waals surface area contributed by atoms with Crippen LogP contribution in [-0.4, -0.2) is 54.3 Å². The third-order valence-electron chi connectivity index (χ3n) is 3.77. The zero-order chi connectivity index (χ0) is 24.5. The number of thiazole rings is 1. The van der Waals surface area contributed by atoms with Crippen LogP contribution in [0.2, 0.25) is 0 Å². The topological polar surface area (TPSA) is 236 Å². The third kappa shape index (κ3) is 5.86. The highest BCUT2D eigenvalue weighted by Gasteiger charge is 2.48. The average molecular weight is 515 g/mol. The van der Waals surface area contributed by atoms with Gasteiger partial charge in [-0.25, -0.2) is 23.9 Å². The Bertz CT molecular complexity index is 1120. The summed E-state index contributed by atoms with van der Waals surface area (Å²) in [6, 6.07) is 0. The number of nitrogens with zero attached hydrogens (tertiary/aromatic N) is 3. The molecule has 0 aliphatic rings. The molecule has 15 nitrogen and oxygen atoms in total. The molecular weight excluding hydrogens is 494 g/mol. The number of aryl methyl sites for hydroxylation is 1. The number of rotatable bonds is 10. The zero-order valence-corrected chi connectivity index (χ0v) is 19.5. The van der Waals surface area contributed by atoms with Gasteiger partial charge >= 0.3 is 21.6 Å². The van der Waals surface area contributed by atoms with Crippen LogP contribution in [0, 0.1) is 13.8 Å². The second kappa shape index (κ2) is 9.47. The van der Waals surface area contributed by atoms with Crippen molar-refractivity contribution in [3.63, 3.8) is 0 Å². The molecular formula is C14H21N4O11P2S+. The maximum Gasteiger partial charge on any atom is 0.537 e. The van der Waals surface area contributed by atoms with Crippen LogP contribution in [-0.2, 0) is 28.4 Å². The highest BCUT2D eigenvalue weighted by molar-refractivity contribution is 7.61. The van der Waals surface area contributed by atoms with Crippen LogP contribution in [0.3, 0.4) is 0 Å². The predicted molar refractivity (Wildman–Crippen MR) is 107 cm³/mol. The number of phosphoric ester groups is 2. The van der Waals surface area contributed by atoms with Gasteiger partial charge in [0.1, 0.15) is 12.0 Å². The first-order valence-corrected chi connectivity index (χ1v) is 12.3. The fourth-order valence-electron chi connectivity index (χ4n) is 2.32. The van der Waals surface area contributed by atoms with E-state index in [2.05, 4.69) is 18.8 Å². The average Bonchev–Trinajstić information content (AvgIpc) is 2.95. The molecule has 0 bridgehead atoms. The molecule has 0 saturated heterocycles. The van der Waals surface area contributed by atoms with E-state index in [1.165, 1.54) is 13.1 Å². The number of anilines is 1. The van der Waals surface area contributed by atoms with E-state index >= 15 is 0 Å². The van der Waals surface area contributed by atoms with Gasteiger partial charge in [0.05, 0.1) is 13.2 Å². The van der Waals surface area contributed by atoms with Crippen molar-refractivity contribution < 1.29 is 57.0 Å². The number of carboxylic acids is 1. The van der Waals surface area contributed by atoms with Crippen LogP contribution >= 0.6 is 27.0 Å². The molecule has 0 saturated carbocycles. The van der Waals surface area contributed by atoms with Crippen molar-refractivity contribution in [2.45, 2.75) is 26.4 Å². The first kappa shape index (κ1) is 26.3. The Morgan fingerprint density at radius 2 is 1.94 bits per heavy atom. The number of nitrogen functional groups attached to an aromatic ring is 1. The van der Waals surface area contributed by atoms with Gasteiger partial charge in [-0.15, -0.1) is 4.57 Å². The van der Waals surface area contributed by atoms with Crippen LogP contribution in [0.5, 0.6) is 5.06 Å². The molecule has 2 aromatic rings. The highest BCUT2D eigenvalue weighted by Crippen LogP contribution is 2.60. The van der Waals surface area contributed by atoms with Crippen LogP contribution in [0.25, 0.3) is 5.69 Å². The lowest BCUT2D eigenvalue weighted by molar-refractivity contribution is -0.611. The van der Waals surface area contributed by atoms with E-state index in [-0.39, 0.29) is 22.2 Å². The minimum atomic E-state index is -5.31. The molecule has 0 fully saturated rings. The van der Waals surface area contributed by atoms with Crippen molar-refractivity contribution in [1.29, 1.82) is 0 Å². The molecule has 0 aliphatic carbocycles. The Kier molecular flexibility index (Phi) is 7.77. The Hall–Kier alpha value is -2.00. The van der Waals surface area contributed by atoms with E-state index in [0.717, 1.165) is 11.5 Å². The van der Waals surface area contributed by atoms with Crippen molar-refractivity contribution in [1.82, 2.24) is 9.97 Å². The molecule has 2 rings (SSSR count). The number of hydrogen-bond acceptors (Lipinski definition) is 12. The summed E-state index contributed by atoms with van der Waals surface area (Å²) in [6.07, 6.45) is 1.24. The number of aliphatic carboxylic acids is 1. The number of aliphatic hydroxyl groups excluding tert-OH is 1. The number of aliphatic hydroxyl groups is 2. The van der Waals surface area contributed by atoms with Gasteiger partial charge in [0, 0.05) is 6.92 Å². The van der Waals surface area contributed by atoms with Gasteiger partial charge in [0.2, 0.25) is 11.5 Å². The summed E-state index contributed by atoms with van der Waals surface area (Å²) >= 11 is 0.434. The molecule has 18 heteroatoms.